The predicted molar refractivity (Wildman–Crippen MR) is 53.8 cm³/mol. The summed E-state index contributed by atoms with van der Waals surface area (Å²) in [5, 5.41) is 3.29. The first-order valence-corrected chi connectivity index (χ1v) is 6.37. The second-order valence-electron chi connectivity index (χ2n) is 2.75. The highest BCUT2D eigenvalue weighted by atomic mass is 28.3. The molecule has 0 aliphatic carbocycles. The fourth-order valence-electron chi connectivity index (χ4n) is 1.07. The topological polar surface area (TPSA) is 30.5 Å². The van der Waals surface area contributed by atoms with Gasteiger partial charge in [-0.2, -0.15) is 0 Å². The van der Waals surface area contributed by atoms with E-state index >= 15 is 0 Å². The Morgan fingerprint density at radius 1 is 1.17 bits per heavy atom. The summed E-state index contributed by atoms with van der Waals surface area (Å²) in [6, 6.07) is 1.12. The van der Waals surface area contributed by atoms with Crippen molar-refractivity contribution >= 4 is 9.28 Å². The van der Waals surface area contributed by atoms with Crippen molar-refractivity contribution in [2.24, 2.45) is 0 Å². The van der Waals surface area contributed by atoms with Crippen LogP contribution in [0.25, 0.3) is 0 Å². The molecular formula is C8H21NO2Si. The van der Waals surface area contributed by atoms with Crippen LogP contribution >= 0.6 is 0 Å². The van der Waals surface area contributed by atoms with E-state index in [1.165, 1.54) is 12.8 Å². The van der Waals surface area contributed by atoms with Gasteiger partial charge in [0.1, 0.15) is 0 Å². The van der Waals surface area contributed by atoms with Gasteiger partial charge in [0.05, 0.1) is 0 Å². The zero-order chi connectivity index (χ0) is 9.23. The molecule has 0 bridgehead atoms. The molecule has 0 radical (unpaired) electrons. The van der Waals surface area contributed by atoms with Crippen molar-refractivity contribution in [3.05, 3.63) is 0 Å². The first kappa shape index (κ1) is 12.1. The highest BCUT2D eigenvalue weighted by Crippen LogP contribution is 2.01. The van der Waals surface area contributed by atoms with Gasteiger partial charge < -0.3 is 14.2 Å². The zero-order valence-corrected chi connectivity index (χ0v) is 9.58. The molecule has 1 N–H and O–H groups in total. The average Bonchev–Trinajstić information content (AvgIpc) is 2.11. The Labute approximate surface area is 77.3 Å². The Balaban J connectivity index is 3.06. The van der Waals surface area contributed by atoms with Crippen LogP contribution in [0.2, 0.25) is 6.04 Å². The summed E-state index contributed by atoms with van der Waals surface area (Å²) in [5.74, 6) is 0. The van der Waals surface area contributed by atoms with E-state index in [4.69, 9.17) is 8.85 Å². The summed E-state index contributed by atoms with van der Waals surface area (Å²) in [6.07, 6.45) is 2.44. The molecule has 0 saturated carbocycles. The average molecular weight is 191 g/mol. The molecule has 0 aliphatic rings. The Morgan fingerprint density at radius 3 is 2.33 bits per heavy atom. The molecule has 74 valence electrons. The third kappa shape index (κ3) is 6.79. The Hall–Kier alpha value is 0.0969. The Morgan fingerprint density at radius 2 is 1.83 bits per heavy atom. The summed E-state index contributed by atoms with van der Waals surface area (Å²) < 4.78 is 10.4. The van der Waals surface area contributed by atoms with Crippen LogP contribution in [0.1, 0.15) is 19.8 Å². The quantitative estimate of drug-likeness (QED) is 0.456. The highest BCUT2D eigenvalue weighted by Gasteiger charge is 2.07. The van der Waals surface area contributed by atoms with E-state index in [9.17, 15) is 0 Å². The number of hydrogen-bond donors (Lipinski definition) is 1. The van der Waals surface area contributed by atoms with Crippen LogP contribution in [0.5, 0.6) is 0 Å². The smallest absolute Gasteiger partial charge is 0.320 e. The molecule has 0 aromatic carbocycles. The van der Waals surface area contributed by atoms with E-state index in [2.05, 4.69) is 12.2 Å². The molecule has 0 saturated heterocycles. The maximum Gasteiger partial charge on any atom is 0.320 e. The molecule has 0 fully saturated rings. The van der Waals surface area contributed by atoms with E-state index in [1.807, 2.05) is 0 Å². The number of hydrogen-bond acceptors (Lipinski definition) is 3. The lowest BCUT2D eigenvalue weighted by Crippen LogP contribution is -2.19. The molecule has 0 rings (SSSR count). The number of unbranched alkanes of at least 4 members (excludes halogenated alkanes) is 1. The summed E-state index contributed by atoms with van der Waals surface area (Å²) in [7, 11) is 2.21. The SMILES string of the molecule is CCNCCCC[SiH](OC)OC. The van der Waals surface area contributed by atoms with Crippen molar-refractivity contribution in [3.63, 3.8) is 0 Å². The highest BCUT2D eigenvalue weighted by molar-refractivity contribution is 6.44. The second-order valence-corrected chi connectivity index (χ2v) is 5.13. The van der Waals surface area contributed by atoms with Gasteiger partial charge in [-0.15, -0.1) is 0 Å². The predicted octanol–water partition coefficient (Wildman–Crippen LogP) is 0.889. The molecule has 0 spiro atoms. The lowest BCUT2D eigenvalue weighted by Gasteiger charge is -2.10. The van der Waals surface area contributed by atoms with Crippen molar-refractivity contribution < 1.29 is 8.85 Å². The maximum atomic E-state index is 5.20. The number of nitrogens with one attached hydrogen (secondary N) is 1. The molecule has 0 aromatic heterocycles. The molecule has 0 atom stereocenters. The Bertz CT molecular complexity index is 89.1. The minimum Gasteiger partial charge on any atom is -0.400 e. The normalized spacial score (nSPS) is 11.0. The molecule has 12 heavy (non-hydrogen) atoms. The second kappa shape index (κ2) is 9.19. The van der Waals surface area contributed by atoms with E-state index in [0.717, 1.165) is 19.1 Å². The molecule has 0 aromatic rings. The van der Waals surface area contributed by atoms with E-state index in [1.54, 1.807) is 14.2 Å². The van der Waals surface area contributed by atoms with Gasteiger partial charge in [0, 0.05) is 14.2 Å². The van der Waals surface area contributed by atoms with Crippen LogP contribution in [0.15, 0.2) is 0 Å². The van der Waals surface area contributed by atoms with Gasteiger partial charge in [-0.25, -0.2) is 0 Å². The van der Waals surface area contributed by atoms with E-state index in [0.29, 0.717) is 0 Å². The fraction of sp³-hybridized carbons (Fsp3) is 1.00. The molecule has 3 nitrogen and oxygen atoms in total. The Kier molecular flexibility index (Phi) is 9.26. The molecule has 0 aliphatic heterocycles. The standard InChI is InChI=1S/C8H21NO2Si/c1-4-9-7-5-6-8-12(10-2)11-3/h9,12H,4-8H2,1-3H3. The van der Waals surface area contributed by atoms with Gasteiger partial charge >= 0.3 is 9.28 Å². The van der Waals surface area contributed by atoms with Crippen LogP contribution < -0.4 is 5.32 Å². The zero-order valence-electron chi connectivity index (χ0n) is 8.43. The lowest BCUT2D eigenvalue weighted by atomic mass is 10.3. The third-order valence-electron chi connectivity index (χ3n) is 1.82. The van der Waals surface area contributed by atoms with Crippen molar-refractivity contribution in [1.29, 1.82) is 0 Å². The van der Waals surface area contributed by atoms with Gasteiger partial charge in [0.15, 0.2) is 0 Å². The monoisotopic (exact) mass is 191 g/mol. The van der Waals surface area contributed by atoms with Gasteiger partial charge in [-0.05, 0) is 25.6 Å². The number of rotatable bonds is 8. The van der Waals surface area contributed by atoms with E-state index < -0.39 is 9.28 Å². The fourth-order valence-corrected chi connectivity index (χ4v) is 2.36. The van der Waals surface area contributed by atoms with Crippen LogP contribution in [0.4, 0.5) is 0 Å². The molecule has 0 heterocycles. The minimum atomic E-state index is -1.27. The van der Waals surface area contributed by atoms with Crippen LogP contribution in [0.3, 0.4) is 0 Å². The van der Waals surface area contributed by atoms with Gasteiger partial charge in [0.2, 0.25) is 0 Å². The van der Waals surface area contributed by atoms with Crippen molar-refractivity contribution in [2.45, 2.75) is 25.8 Å². The third-order valence-corrected chi connectivity index (χ3v) is 3.75. The van der Waals surface area contributed by atoms with Crippen molar-refractivity contribution in [3.8, 4) is 0 Å². The molecule has 4 heteroatoms. The largest absolute Gasteiger partial charge is 0.400 e. The summed E-state index contributed by atoms with van der Waals surface area (Å²) in [4.78, 5) is 0. The molecular weight excluding hydrogens is 170 g/mol. The van der Waals surface area contributed by atoms with Crippen molar-refractivity contribution in [2.75, 3.05) is 27.3 Å². The van der Waals surface area contributed by atoms with E-state index in [-0.39, 0.29) is 0 Å². The summed E-state index contributed by atoms with van der Waals surface area (Å²) in [6.45, 7) is 4.31. The first-order valence-electron chi connectivity index (χ1n) is 4.61. The van der Waals surface area contributed by atoms with Crippen molar-refractivity contribution in [1.82, 2.24) is 5.32 Å². The van der Waals surface area contributed by atoms with Gasteiger partial charge in [0.25, 0.3) is 0 Å². The first-order chi connectivity index (χ1) is 5.85. The van der Waals surface area contributed by atoms with Crippen LogP contribution in [0, 0.1) is 0 Å². The molecule has 0 unspecified atom stereocenters. The summed E-state index contributed by atoms with van der Waals surface area (Å²) in [5.41, 5.74) is 0. The van der Waals surface area contributed by atoms with Gasteiger partial charge in [-0.3, -0.25) is 0 Å². The molecule has 0 amide bonds. The summed E-state index contributed by atoms with van der Waals surface area (Å²) >= 11 is 0. The lowest BCUT2D eigenvalue weighted by molar-refractivity contribution is 0.276. The van der Waals surface area contributed by atoms with Crippen LogP contribution in [-0.4, -0.2) is 36.6 Å². The maximum absolute atomic E-state index is 5.20. The van der Waals surface area contributed by atoms with Gasteiger partial charge in [-0.1, -0.05) is 13.3 Å². The van der Waals surface area contributed by atoms with Crippen LogP contribution in [-0.2, 0) is 8.85 Å². The minimum absolute atomic E-state index is 1.06.